The summed E-state index contributed by atoms with van der Waals surface area (Å²) in [5, 5.41) is 6.86. The zero-order valence-electron chi connectivity index (χ0n) is 19.8. The van der Waals surface area contributed by atoms with Crippen LogP contribution in [0.25, 0.3) is 5.69 Å². The number of anilines is 1. The number of carbonyl (C=O) groups excluding carboxylic acids is 1. The molecule has 4 aromatic rings. The summed E-state index contributed by atoms with van der Waals surface area (Å²) in [6.45, 7) is 2.39. The van der Waals surface area contributed by atoms with E-state index in [1.54, 1.807) is 18.3 Å². The van der Waals surface area contributed by atoms with Crippen LogP contribution in [0, 0.1) is 12.7 Å². The molecule has 2 aromatic heterocycles. The highest BCUT2D eigenvalue weighted by Gasteiger charge is 2.41. The number of rotatable bonds is 7. The maximum atomic E-state index is 14.8. The third kappa shape index (κ3) is 4.85. The summed E-state index contributed by atoms with van der Waals surface area (Å²) < 4.78 is 16.6. The van der Waals surface area contributed by atoms with Crippen LogP contribution in [-0.2, 0) is 4.79 Å². The summed E-state index contributed by atoms with van der Waals surface area (Å²) in [5.41, 5.74) is 4.00. The van der Waals surface area contributed by atoms with Crippen molar-refractivity contribution in [2.75, 3.05) is 11.9 Å². The van der Waals surface area contributed by atoms with E-state index in [2.05, 4.69) is 15.6 Å². The number of aryl methyl sites for hydroxylation is 1. The monoisotopic (exact) mass is 499 g/mol. The highest BCUT2D eigenvalue weighted by molar-refractivity contribution is 7.80. The Labute approximate surface area is 214 Å². The number of pyridine rings is 1. The Hall–Kier alpha value is -4.04. The predicted octanol–water partition coefficient (Wildman–Crippen LogP) is 5.32. The molecule has 182 valence electrons. The lowest BCUT2D eigenvalue weighted by Gasteiger charge is -2.29. The lowest BCUT2D eigenvalue weighted by molar-refractivity contribution is -0.116. The molecule has 0 saturated carbocycles. The molecule has 1 aliphatic heterocycles. The highest BCUT2D eigenvalue weighted by atomic mass is 32.1. The van der Waals surface area contributed by atoms with E-state index in [1.807, 2.05) is 83.3 Å². The number of hydrogen-bond donors (Lipinski definition) is 2. The molecule has 36 heavy (non-hydrogen) atoms. The van der Waals surface area contributed by atoms with Crippen molar-refractivity contribution in [1.82, 2.24) is 19.8 Å². The zero-order chi connectivity index (χ0) is 25.1. The number of halogens is 1. The average Bonchev–Trinajstić information content (AvgIpc) is 3.49. The van der Waals surface area contributed by atoms with Crippen LogP contribution >= 0.6 is 12.2 Å². The van der Waals surface area contributed by atoms with Crippen LogP contribution in [0.15, 0.2) is 91.3 Å². The third-order valence-corrected chi connectivity index (χ3v) is 6.66. The van der Waals surface area contributed by atoms with Crippen molar-refractivity contribution in [2.24, 2.45) is 0 Å². The topological polar surface area (TPSA) is 62.2 Å². The minimum Gasteiger partial charge on any atom is -0.352 e. The molecule has 3 heterocycles. The van der Waals surface area contributed by atoms with Gasteiger partial charge >= 0.3 is 0 Å². The number of thiocarbonyl (C=S) groups is 1. The van der Waals surface area contributed by atoms with E-state index in [0.717, 1.165) is 22.6 Å². The first kappa shape index (κ1) is 23.7. The first-order valence-electron chi connectivity index (χ1n) is 11.8. The van der Waals surface area contributed by atoms with Crippen LogP contribution in [0.1, 0.15) is 35.5 Å². The van der Waals surface area contributed by atoms with Gasteiger partial charge in [0.05, 0.1) is 23.5 Å². The Bertz CT molecular complexity index is 1370. The van der Waals surface area contributed by atoms with Crippen LogP contribution < -0.4 is 10.6 Å². The number of carbonyl (C=O) groups is 1. The lowest BCUT2D eigenvalue weighted by Crippen LogP contribution is -2.33. The molecule has 0 radical (unpaired) electrons. The van der Waals surface area contributed by atoms with Gasteiger partial charge < -0.3 is 20.1 Å². The first-order valence-corrected chi connectivity index (χ1v) is 12.2. The fraction of sp³-hybridized carbons (Fsp3) is 0.179. The van der Waals surface area contributed by atoms with Gasteiger partial charge in [0.15, 0.2) is 5.11 Å². The Morgan fingerprint density at radius 2 is 1.83 bits per heavy atom. The molecular formula is C28H26FN5OS. The number of amides is 1. The zero-order valence-corrected chi connectivity index (χ0v) is 20.6. The van der Waals surface area contributed by atoms with Crippen molar-refractivity contribution < 1.29 is 9.18 Å². The number of para-hydroxylation sites is 1. The first-order chi connectivity index (χ1) is 17.5. The Balaban J connectivity index is 1.44. The smallest absolute Gasteiger partial charge is 0.226 e. The number of nitrogens with zero attached hydrogens (tertiary/aromatic N) is 3. The normalized spacial score (nSPS) is 17.2. The molecule has 1 fully saturated rings. The number of hydrogen-bond acceptors (Lipinski definition) is 3. The fourth-order valence-electron chi connectivity index (χ4n) is 4.55. The van der Waals surface area contributed by atoms with Crippen LogP contribution in [0.2, 0.25) is 0 Å². The van der Waals surface area contributed by atoms with Crippen molar-refractivity contribution >= 4 is 28.9 Å². The van der Waals surface area contributed by atoms with Crippen LogP contribution in [-0.4, -0.2) is 32.0 Å². The minimum absolute atomic E-state index is 0.105. The van der Waals surface area contributed by atoms with E-state index in [0.29, 0.717) is 17.3 Å². The largest absolute Gasteiger partial charge is 0.352 e. The Morgan fingerprint density at radius 1 is 1.06 bits per heavy atom. The van der Waals surface area contributed by atoms with Crippen molar-refractivity contribution in [2.45, 2.75) is 25.4 Å². The summed E-state index contributed by atoms with van der Waals surface area (Å²) in [5.74, 6) is -0.423. The van der Waals surface area contributed by atoms with Gasteiger partial charge in [0.1, 0.15) is 5.82 Å². The van der Waals surface area contributed by atoms with Gasteiger partial charge in [-0.15, -0.1) is 0 Å². The molecule has 8 heteroatoms. The molecule has 0 bridgehead atoms. The van der Waals surface area contributed by atoms with E-state index < -0.39 is 0 Å². The van der Waals surface area contributed by atoms with E-state index in [1.165, 1.54) is 6.07 Å². The van der Waals surface area contributed by atoms with Gasteiger partial charge in [-0.3, -0.25) is 9.78 Å². The fourth-order valence-corrected chi connectivity index (χ4v) is 4.88. The van der Waals surface area contributed by atoms with Crippen LogP contribution in [0.3, 0.4) is 0 Å². The third-order valence-electron chi connectivity index (χ3n) is 6.31. The number of benzene rings is 2. The van der Waals surface area contributed by atoms with Gasteiger partial charge in [0.2, 0.25) is 5.91 Å². The molecule has 1 aliphatic rings. The van der Waals surface area contributed by atoms with Gasteiger partial charge in [-0.25, -0.2) is 4.39 Å². The molecule has 2 atom stereocenters. The number of nitrogens with one attached hydrogen (secondary N) is 2. The molecule has 0 aliphatic carbocycles. The van der Waals surface area contributed by atoms with Gasteiger partial charge in [-0.05, 0) is 67.7 Å². The van der Waals surface area contributed by atoms with Gasteiger partial charge in [0, 0.05) is 36.7 Å². The molecule has 2 N–H and O–H groups in total. The SMILES string of the molecule is Cc1ccc(NC(=O)CCN2C(=S)N[C@@H](c3ccccn3)[C@@H]2c2cccn2-c2ccccc2F)cc1. The molecule has 1 saturated heterocycles. The van der Waals surface area contributed by atoms with Crippen molar-refractivity contribution in [1.29, 1.82) is 0 Å². The second-order valence-corrected chi connectivity index (χ2v) is 9.13. The lowest BCUT2D eigenvalue weighted by atomic mass is 10.0. The second-order valence-electron chi connectivity index (χ2n) is 8.74. The van der Waals surface area contributed by atoms with Gasteiger partial charge in [-0.2, -0.15) is 0 Å². The second kappa shape index (κ2) is 10.3. The van der Waals surface area contributed by atoms with E-state index in [4.69, 9.17) is 12.2 Å². The van der Waals surface area contributed by atoms with E-state index in [-0.39, 0.29) is 30.2 Å². The quantitative estimate of drug-likeness (QED) is 0.337. The molecule has 1 amide bonds. The summed E-state index contributed by atoms with van der Waals surface area (Å²) >= 11 is 5.72. The maximum absolute atomic E-state index is 14.8. The van der Waals surface area contributed by atoms with Crippen molar-refractivity contribution in [3.8, 4) is 5.69 Å². The Morgan fingerprint density at radius 3 is 2.58 bits per heavy atom. The summed E-state index contributed by atoms with van der Waals surface area (Å²) in [6, 6.07) is 23.4. The standard InChI is InChI=1S/C28H26FN5OS/c1-19-11-13-20(14-12-19)31-25(35)15-18-34-27(26(32-28(34)36)22-8-4-5-16-30-22)24-10-6-17-33(24)23-9-3-2-7-21(23)29/h2-14,16-17,26-27H,15,18H2,1H3,(H,31,35)(H,32,36)/t26-,27-/m0/s1. The predicted molar refractivity (Wildman–Crippen MR) is 142 cm³/mol. The summed E-state index contributed by atoms with van der Waals surface area (Å²) in [7, 11) is 0. The minimum atomic E-state index is -0.318. The van der Waals surface area contributed by atoms with Gasteiger partial charge in [0.25, 0.3) is 0 Å². The van der Waals surface area contributed by atoms with E-state index >= 15 is 0 Å². The molecule has 0 unspecified atom stereocenters. The molecular weight excluding hydrogens is 473 g/mol. The number of aromatic nitrogens is 2. The Kier molecular flexibility index (Phi) is 6.77. The van der Waals surface area contributed by atoms with Crippen molar-refractivity contribution in [3.63, 3.8) is 0 Å². The molecule has 0 spiro atoms. The van der Waals surface area contributed by atoms with Gasteiger partial charge in [-0.1, -0.05) is 35.9 Å². The highest BCUT2D eigenvalue weighted by Crippen LogP contribution is 2.39. The molecule has 5 rings (SSSR count). The molecule has 6 nitrogen and oxygen atoms in total. The summed E-state index contributed by atoms with van der Waals surface area (Å²) in [4.78, 5) is 19.3. The summed E-state index contributed by atoms with van der Waals surface area (Å²) in [6.07, 6.45) is 3.82. The van der Waals surface area contributed by atoms with Crippen LogP contribution in [0.4, 0.5) is 10.1 Å². The van der Waals surface area contributed by atoms with E-state index in [9.17, 15) is 9.18 Å². The molecule has 2 aromatic carbocycles. The maximum Gasteiger partial charge on any atom is 0.226 e. The van der Waals surface area contributed by atoms with Crippen molar-refractivity contribution in [3.05, 3.63) is 114 Å². The van der Waals surface area contributed by atoms with Crippen LogP contribution in [0.5, 0.6) is 0 Å². The average molecular weight is 500 g/mol.